The molecule has 1 aliphatic rings. The van der Waals surface area contributed by atoms with Crippen molar-refractivity contribution in [1.82, 2.24) is 10.2 Å². The summed E-state index contributed by atoms with van der Waals surface area (Å²) < 4.78 is 13.8. The van der Waals surface area contributed by atoms with Crippen LogP contribution in [0.4, 0.5) is 4.39 Å². The Morgan fingerprint density at radius 1 is 1.25 bits per heavy atom. The molecule has 1 heterocycles. The lowest BCUT2D eigenvalue weighted by Gasteiger charge is -2.43. The van der Waals surface area contributed by atoms with Crippen LogP contribution in [-0.2, 0) is 0 Å². The molecule has 0 aliphatic carbocycles. The minimum absolute atomic E-state index is 0.0130. The largest absolute Gasteiger partial charge is 0.507 e. The van der Waals surface area contributed by atoms with Crippen molar-refractivity contribution in [3.05, 3.63) is 29.1 Å². The first-order valence-corrected chi connectivity index (χ1v) is 7.24. The molecule has 1 aromatic carbocycles. The number of benzene rings is 1. The van der Waals surface area contributed by atoms with Gasteiger partial charge in [0.25, 0.3) is 0 Å². The molecule has 112 valence electrons. The third-order valence-electron chi connectivity index (χ3n) is 3.93. The maximum absolute atomic E-state index is 13.8. The molecule has 0 saturated carbocycles. The molecule has 1 aliphatic heterocycles. The number of halogens is 1. The molecule has 1 saturated heterocycles. The van der Waals surface area contributed by atoms with E-state index in [1.54, 1.807) is 6.92 Å². The normalized spacial score (nSPS) is 19.1. The van der Waals surface area contributed by atoms with Crippen LogP contribution in [0.2, 0.25) is 0 Å². The summed E-state index contributed by atoms with van der Waals surface area (Å²) in [7, 11) is 0. The molecular weight excluding hydrogens is 255 g/mol. The standard InChI is InChI=1S/C16H25FN2O/c1-11-9-12(17)10-13(14(11)20)15(16(2,3)4)19-7-5-18-6-8-19/h9-10,15,18,20H,5-8H2,1-4H3/t15-/m1/s1. The first-order valence-electron chi connectivity index (χ1n) is 7.24. The highest BCUT2D eigenvalue weighted by Crippen LogP contribution is 2.42. The van der Waals surface area contributed by atoms with E-state index in [0.717, 1.165) is 26.2 Å². The lowest BCUT2D eigenvalue weighted by Crippen LogP contribution is -2.48. The molecular formula is C16H25FN2O. The second-order valence-electron chi connectivity index (χ2n) is 6.72. The average molecular weight is 280 g/mol. The monoisotopic (exact) mass is 280 g/mol. The number of aromatic hydroxyl groups is 1. The van der Waals surface area contributed by atoms with Crippen LogP contribution in [0.5, 0.6) is 5.75 Å². The second-order valence-corrected chi connectivity index (χ2v) is 6.72. The number of nitrogens with one attached hydrogen (secondary N) is 1. The van der Waals surface area contributed by atoms with E-state index < -0.39 is 0 Å². The molecule has 1 aromatic rings. The Balaban J connectivity index is 2.46. The summed E-state index contributed by atoms with van der Waals surface area (Å²) in [5.74, 6) is -0.0513. The van der Waals surface area contributed by atoms with Crippen LogP contribution >= 0.6 is 0 Å². The highest BCUT2D eigenvalue weighted by atomic mass is 19.1. The minimum Gasteiger partial charge on any atom is -0.507 e. The van der Waals surface area contributed by atoms with Crippen molar-refractivity contribution in [1.29, 1.82) is 0 Å². The smallest absolute Gasteiger partial charge is 0.124 e. The van der Waals surface area contributed by atoms with E-state index in [1.165, 1.54) is 12.1 Å². The Kier molecular flexibility index (Phi) is 4.35. The van der Waals surface area contributed by atoms with Crippen LogP contribution in [0.15, 0.2) is 12.1 Å². The van der Waals surface area contributed by atoms with Gasteiger partial charge in [0, 0.05) is 37.8 Å². The molecule has 2 rings (SSSR count). The molecule has 0 unspecified atom stereocenters. The highest BCUT2D eigenvalue weighted by Gasteiger charge is 2.34. The van der Waals surface area contributed by atoms with Gasteiger partial charge in [0.1, 0.15) is 11.6 Å². The molecule has 1 fully saturated rings. The Hall–Kier alpha value is -1.13. The van der Waals surface area contributed by atoms with Gasteiger partial charge in [0.15, 0.2) is 0 Å². The van der Waals surface area contributed by atoms with Gasteiger partial charge in [-0.3, -0.25) is 4.90 Å². The zero-order valence-electron chi connectivity index (χ0n) is 12.8. The zero-order valence-corrected chi connectivity index (χ0v) is 12.8. The summed E-state index contributed by atoms with van der Waals surface area (Å²) in [6.45, 7) is 11.9. The summed E-state index contributed by atoms with van der Waals surface area (Å²) in [6.07, 6.45) is 0. The van der Waals surface area contributed by atoms with Crippen molar-refractivity contribution in [2.24, 2.45) is 5.41 Å². The van der Waals surface area contributed by atoms with Gasteiger partial charge >= 0.3 is 0 Å². The van der Waals surface area contributed by atoms with Gasteiger partial charge in [-0.15, -0.1) is 0 Å². The Morgan fingerprint density at radius 3 is 2.40 bits per heavy atom. The molecule has 0 amide bonds. The summed E-state index contributed by atoms with van der Waals surface area (Å²) in [6, 6.07) is 2.88. The quantitative estimate of drug-likeness (QED) is 0.874. The molecule has 0 radical (unpaired) electrons. The first-order chi connectivity index (χ1) is 9.30. The molecule has 1 atom stereocenters. The molecule has 0 aromatic heterocycles. The molecule has 20 heavy (non-hydrogen) atoms. The second kappa shape index (κ2) is 5.70. The van der Waals surface area contributed by atoms with Crippen molar-refractivity contribution < 1.29 is 9.50 Å². The number of aryl methyl sites for hydroxylation is 1. The minimum atomic E-state index is -0.278. The molecule has 3 nitrogen and oxygen atoms in total. The van der Waals surface area contributed by atoms with Crippen molar-refractivity contribution in [2.45, 2.75) is 33.7 Å². The van der Waals surface area contributed by atoms with Gasteiger partial charge in [0.05, 0.1) is 0 Å². The Morgan fingerprint density at radius 2 is 1.85 bits per heavy atom. The van der Waals surface area contributed by atoms with Crippen LogP contribution < -0.4 is 5.32 Å². The number of piperazine rings is 1. The van der Waals surface area contributed by atoms with E-state index in [4.69, 9.17) is 0 Å². The average Bonchev–Trinajstić information content (AvgIpc) is 2.35. The molecule has 0 bridgehead atoms. The fraction of sp³-hybridized carbons (Fsp3) is 0.625. The first kappa shape index (κ1) is 15.3. The van der Waals surface area contributed by atoms with Crippen LogP contribution in [0.25, 0.3) is 0 Å². The van der Waals surface area contributed by atoms with E-state index in [-0.39, 0.29) is 23.0 Å². The number of hydrogen-bond donors (Lipinski definition) is 2. The van der Waals surface area contributed by atoms with Crippen molar-refractivity contribution >= 4 is 0 Å². The van der Waals surface area contributed by atoms with Crippen molar-refractivity contribution in [3.63, 3.8) is 0 Å². The predicted molar refractivity (Wildman–Crippen MR) is 79.4 cm³/mol. The van der Waals surface area contributed by atoms with Crippen LogP contribution in [0.1, 0.15) is 37.9 Å². The van der Waals surface area contributed by atoms with E-state index in [9.17, 15) is 9.50 Å². The summed E-state index contributed by atoms with van der Waals surface area (Å²) >= 11 is 0. The number of hydrogen-bond acceptors (Lipinski definition) is 3. The van der Waals surface area contributed by atoms with Gasteiger partial charge in [-0.05, 0) is 30.0 Å². The van der Waals surface area contributed by atoms with Crippen molar-refractivity contribution in [3.8, 4) is 5.75 Å². The Bertz CT molecular complexity index is 476. The number of rotatable bonds is 2. The molecule has 4 heteroatoms. The van der Waals surface area contributed by atoms with Crippen molar-refractivity contribution in [2.75, 3.05) is 26.2 Å². The Labute approximate surface area is 120 Å². The van der Waals surface area contributed by atoms with E-state index in [0.29, 0.717) is 11.1 Å². The number of phenolic OH excluding ortho intramolecular Hbond substituents is 1. The predicted octanol–water partition coefficient (Wildman–Crippen LogP) is 2.83. The van der Waals surface area contributed by atoms with E-state index in [1.807, 2.05) is 0 Å². The SMILES string of the molecule is Cc1cc(F)cc([C@@H](N2CCNCC2)C(C)(C)C)c1O. The lowest BCUT2D eigenvalue weighted by atomic mass is 9.80. The zero-order chi connectivity index (χ0) is 14.9. The summed E-state index contributed by atoms with van der Waals surface area (Å²) in [4.78, 5) is 2.34. The van der Waals surface area contributed by atoms with Gasteiger partial charge < -0.3 is 10.4 Å². The summed E-state index contributed by atoms with van der Waals surface area (Å²) in [5, 5.41) is 13.7. The molecule has 0 spiro atoms. The number of phenols is 1. The van der Waals surface area contributed by atoms with Crippen LogP contribution in [0.3, 0.4) is 0 Å². The summed E-state index contributed by atoms with van der Waals surface area (Å²) in [5.41, 5.74) is 1.23. The fourth-order valence-electron chi connectivity index (χ4n) is 3.12. The topological polar surface area (TPSA) is 35.5 Å². The van der Waals surface area contributed by atoms with E-state index in [2.05, 4.69) is 31.0 Å². The third-order valence-corrected chi connectivity index (χ3v) is 3.93. The third kappa shape index (κ3) is 3.13. The fourth-order valence-corrected chi connectivity index (χ4v) is 3.12. The maximum atomic E-state index is 13.8. The highest BCUT2D eigenvalue weighted by molar-refractivity contribution is 5.42. The van der Waals surface area contributed by atoms with Gasteiger partial charge in [0.2, 0.25) is 0 Å². The van der Waals surface area contributed by atoms with E-state index >= 15 is 0 Å². The van der Waals surface area contributed by atoms with Gasteiger partial charge in [-0.2, -0.15) is 0 Å². The lowest BCUT2D eigenvalue weighted by molar-refractivity contribution is 0.0839. The van der Waals surface area contributed by atoms with Crippen LogP contribution in [0, 0.1) is 18.2 Å². The van der Waals surface area contributed by atoms with Gasteiger partial charge in [-0.1, -0.05) is 20.8 Å². The van der Waals surface area contributed by atoms with Gasteiger partial charge in [-0.25, -0.2) is 4.39 Å². The molecule has 2 N–H and O–H groups in total. The maximum Gasteiger partial charge on any atom is 0.124 e. The number of nitrogens with zero attached hydrogens (tertiary/aromatic N) is 1. The van der Waals surface area contributed by atoms with Crippen LogP contribution in [-0.4, -0.2) is 36.2 Å².